The van der Waals surface area contributed by atoms with Gasteiger partial charge in [0, 0.05) is 16.8 Å². The molecule has 0 aromatic heterocycles. The number of anilines is 3. The highest BCUT2D eigenvalue weighted by molar-refractivity contribution is 6.34. The van der Waals surface area contributed by atoms with Gasteiger partial charge in [-0.25, -0.2) is 0 Å². The van der Waals surface area contributed by atoms with Crippen LogP contribution in [-0.2, 0) is 0 Å². The molecule has 0 heterocycles. The van der Waals surface area contributed by atoms with E-state index in [4.69, 9.17) is 0 Å². The Morgan fingerprint density at radius 3 is 1.31 bits per heavy atom. The molecule has 0 aliphatic heterocycles. The molecular formula is C44H29N. The Morgan fingerprint density at radius 2 is 0.733 bits per heavy atom. The largest absolute Gasteiger partial charge is 0.310 e. The van der Waals surface area contributed by atoms with E-state index in [1.807, 2.05) is 0 Å². The summed E-state index contributed by atoms with van der Waals surface area (Å²) in [7, 11) is 0. The molecule has 0 unspecified atom stereocenters. The molecule has 0 N–H and O–H groups in total. The van der Waals surface area contributed by atoms with Crippen molar-refractivity contribution in [2.45, 2.75) is 0 Å². The molecule has 45 heavy (non-hydrogen) atoms. The lowest BCUT2D eigenvalue weighted by Crippen LogP contribution is -2.11. The van der Waals surface area contributed by atoms with E-state index in [9.17, 15) is 0 Å². The third-order valence-corrected chi connectivity index (χ3v) is 9.17. The van der Waals surface area contributed by atoms with Gasteiger partial charge < -0.3 is 4.90 Å². The number of fused-ring (bicyclic) bond motifs is 2. The van der Waals surface area contributed by atoms with Gasteiger partial charge in [0.2, 0.25) is 0 Å². The molecule has 1 nitrogen and oxygen atoms in total. The predicted molar refractivity (Wildman–Crippen MR) is 193 cm³/mol. The van der Waals surface area contributed by atoms with Crippen molar-refractivity contribution in [1.82, 2.24) is 0 Å². The quantitative estimate of drug-likeness (QED) is 0.147. The van der Waals surface area contributed by atoms with Crippen molar-refractivity contribution in [2.24, 2.45) is 0 Å². The maximum Gasteiger partial charge on any atom is 0.0540 e. The van der Waals surface area contributed by atoms with Crippen molar-refractivity contribution in [2.75, 3.05) is 4.90 Å². The molecule has 9 aromatic carbocycles. The van der Waals surface area contributed by atoms with Gasteiger partial charge in [-0.15, -0.1) is 0 Å². The summed E-state index contributed by atoms with van der Waals surface area (Å²) >= 11 is 0. The first-order valence-corrected chi connectivity index (χ1v) is 15.5. The van der Waals surface area contributed by atoms with Crippen molar-refractivity contribution in [1.29, 1.82) is 0 Å². The van der Waals surface area contributed by atoms with Gasteiger partial charge in [0.15, 0.2) is 0 Å². The molecule has 0 spiro atoms. The molecule has 0 atom stereocenters. The molecular weight excluding hydrogens is 542 g/mol. The van der Waals surface area contributed by atoms with Crippen LogP contribution in [0.1, 0.15) is 0 Å². The van der Waals surface area contributed by atoms with E-state index in [1.54, 1.807) is 0 Å². The molecule has 0 bridgehead atoms. The molecule has 210 valence electrons. The van der Waals surface area contributed by atoms with E-state index in [2.05, 4.69) is 181 Å². The van der Waals surface area contributed by atoms with Gasteiger partial charge in [-0.05, 0) is 90.3 Å². The second-order valence-electron chi connectivity index (χ2n) is 11.7. The van der Waals surface area contributed by atoms with Crippen LogP contribution < -0.4 is 4.90 Å². The van der Waals surface area contributed by atoms with Crippen LogP contribution in [0.2, 0.25) is 0 Å². The molecule has 0 aliphatic rings. The van der Waals surface area contributed by atoms with Crippen molar-refractivity contribution >= 4 is 60.2 Å². The van der Waals surface area contributed by atoms with E-state index in [1.165, 1.54) is 65.3 Å². The molecule has 0 radical (unpaired) electrons. The van der Waals surface area contributed by atoms with E-state index in [0.717, 1.165) is 17.1 Å². The van der Waals surface area contributed by atoms with Crippen molar-refractivity contribution < 1.29 is 0 Å². The average Bonchev–Trinajstić information content (AvgIpc) is 3.12. The van der Waals surface area contributed by atoms with E-state index < -0.39 is 0 Å². The Labute approximate surface area is 262 Å². The van der Waals surface area contributed by atoms with E-state index >= 15 is 0 Å². The highest BCUT2D eigenvalue weighted by Crippen LogP contribution is 2.46. The van der Waals surface area contributed by atoms with Gasteiger partial charge in [0.25, 0.3) is 0 Å². The zero-order chi connectivity index (χ0) is 29.7. The smallest absolute Gasteiger partial charge is 0.0540 e. The summed E-state index contributed by atoms with van der Waals surface area (Å²) in [5.41, 5.74) is 8.22. The normalized spacial score (nSPS) is 11.6. The van der Waals surface area contributed by atoms with Gasteiger partial charge in [-0.2, -0.15) is 0 Å². The Balaban J connectivity index is 1.34. The summed E-state index contributed by atoms with van der Waals surface area (Å²) in [6.07, 6.45) is 0. The molecule has 0 fully saturated rings. The third kappa shape index (κ3) is 4.17. The molecule has 9 rings (SSSR count). The minimum absolute atomic E-state index is 1.13. The number of rotatable bonds is 5. The van der Waals surface area contributed by atoms with Gasteiger partial charge >= 0.3 is 0 Å². The first-order chi connectivity index (χ1) is 22.3. The fourth-order valence-electron chi connectivity index (χ4n) is 7.16. The third-order valence-electron chi connectivity index (χ3n) is 9.17. The highest BCUT2D eigenvalue weighted by Gasteiger charge is 2.20. The zero-order valence-electron chi connectivity index (χ0n) is 24.7. The molecule has 0 amide bonds. The lowest BCUT2D eigenvalue weighted by atomic mass is 9.89. The Morgan fingerprint density at radius 1 is 0.289 bits per heavy atom. The second-order valence-corrected chi connectivity index (χ2v) is 11.7. The van der Waals surface area contributed by atoms with Crippen LogP contribution >= 0.6 is 0 Å². The first-order valence-electron chi connectivity index (χ1n) is 15.5. The molecule has 0 saturated carbocycles. The van der Waals surface area contributed by atoms with Gasteiger partial charge in [-0.3, -0.25) is 0 Å². The monoisotopic (exact) mass is 571 g/mol. The van der Waals surface area contributed by atoms with Crippen LogP contribution in [0.5, 0.6) is 0 Å². The standard InChI is InChI=1S/C44H29N/c1-3-12-30(13-4-1)33-18-7-20-35(28-33)45(36-21-8-19-34(29-36)31-14-5-2-6-15-31)42-27-26-40-38-23-10-17-32-16-9-22-37(43(32)38)39-24-11-25-41(42)44(39)40/h1-29H. The summed E-state index contributed by atoms with van der Waals surface area (Å²) in [6, 6.07) is 64.0. The number of nitrogens with zero attached hydrogens (tertiary/aromatic N) is 1. The lowest BCUT2D eigenvalue weighted by molar-refractivity contribution is 1.30. The molecule has 1 heteroatoms. The van der Waals surface area contributed by atoms with Crippen LogP contribution in [0.4, 0.5) is 17.1 Å². The summed E-state index contributed by atoms with van der Waals surface area (Å²) in [4.78, 5) is 2.43. The van der Waals surface area contributed by atoms with Crippen LogP contribution in [-0.4, -0.2) is 0 Å². The van der Waals surface area contributed by atoms with Gasteiger partial charge in [0.1, 0.15) is 0 Å². The number of benzene rings is 9. The Bertz CT molecular complexity index is 2340. The molecule has 0 saturated heterocycles. The molecule has 9 aromatic rings. The predicted octanol–water partition coefficient (Wildman–Crippen LogP) is 12.5. The topological polar surface area (TPSA) is 3.24 Å². The fraction of sp³-hybridized carbons (Fsp3) is 0. The first kappa shape index (κ1) is 25.6. The van der Waals surface area contributed by atoms with Crippen molar-refractivity contribution in [3.63, 3.8) is 0 Å². The highest BCUT2D eigenvalue weighted by atomic mass is 15.1. The zero-order valence-corrected chi connectivity index (χ0v) is 24.7. The van der Waals surface area contributed by atoms with Gasteiger partial charge in [-0.1, -0.05) is 146 Å². The van der Waals surface area contributed by atoms with E-state index in [0.29, 0.717) is 0 Å². The molecule has 0 aliphatic carbocycles. The Kier molecular flexibility index (Phi) is 5.89. The van der Waals surface area contributed by atoms with Crippen LogP contribution in [0.3, 0.4) is 0 Å². The van der Waals surface area contributed by atoms with Crippen LogP contribution in [0.25, 0.3) is 65.3 Å². The van der Waals surface area contributed by atoms with Crippen LogP contribution in [0, 0.1) is 0 Å². The van der Waals surface area contributed by atoms with Crippen molar-refractivity contribution in [3.8, 4) is 22.3 Å². The van der Waals surface area contributed by atoms with E-state index in [-0.39, 0.29) is 0 Å². The summed E-state index contributed by atoms with van der Waals surface area (Å²) in [5, 5.41) is 10.4. The number of hydrogen-bond donors (Lipinski definition) is 0. The number of hydrogen-bond acceptors (Lipinski definition) is 1. The minimum atomic E-state index is 1.13. The lowest BCUT2D eigenvalue weighted by Gasteiger charge is -2.28. The fourth-order valence-corrected chi connectivity index (χ4v) is 7.16. The van der Waals surface area contributed by atoms with Crippen molar-refractivity contribution in [3.05, 3.63) is 176 Å². The second kappa shape index (κ2) is 10.4. The Hall–Kier alpha value is -5.92. The summed E-state index contributed by atoms with van der Waals surface area (Å²) in [6.45, 7) is 0. The average molecular weight is 572 g/mol. The maximum atomic E-state index is 2.43. The van der Waals surface area contributed by atoms with Gasteiger partial charge in [0.05, 0.1) is 5.69 Å². The minimum Gasteiger partial charge on any atom is -0.310 e. The summed E-state index contributed by atoms with van der Waals surface area (Å²) < 4.78 is 0. The maximum absolute atomic E-state index is 2.43. The summed E-state index contributed by atoms with van der Waals surface area (Å²) in [5.74, 6) is 0. The van der Waals surface area contributed by atoms with Crippen LogP contribution in [0.15, 0.2) is 176 Å². The SMILES string of the molecule is c1ccc(-c2cccc(N(c3cccc(-c4ccccc4)c3)c3ccc4c5cccc6cccc(c7cccc3c74)c65)c2)cc1.